The molecule has 0 aliphatic rings. The van der Waals surface area contributed by atoms with Gasteiger partial charge in [0.05, 0.1) is 5.02 Å². The van der Waals surface area contributed by atoms with Gasteiger partial charge in [0.15, 0.2) is 5.16 Å². The van der Waals surface area contributed by atoms with Crippen molar-refractivity contribution < 1.29 is 0 Å². The van der Waals surface area contributed by atoms with Crippen molar-refractivity contribution in [1.82, 2.24) is 15.3 Å². The molecule has 0 amide bonds. The maximum absolute atomic E-state index is 6.35. The topological polar surface area (TPSA) is 37.8 Å². The molecule has 1 aromatic carbocycles. The van der Waals surface area contributed by atoms with E-state index in [4.69, 9.17) is 11.6 Å². The molecule has 0 bridgehead atoms. The molecule has 0 saturated heterocycles. The molecule has 0 aliphatic heterocycles. The first kappa shape index (κ1) is 16.3. The molecule has 1 N–H and O–H groups in total. The van der Waals surface area contributed by atoms with E-state index in [1.54, 1.807) is 0 Å². The van der Waals surface area contributed by atoms with Gasteiger partial charge in [-0.15, -0.1) is 0 Å². The summed E-state index contributed by atoms with van der Waals surface area (Å²) < 4.78 is 0. The second-order valence-corrected chi connectivity index (χ2v) is 6.85. The van der Waals surface area contributed by atoms with Crippen molar-refractivity contribution in [3.05, 3.63) is 46.7 Å². The number of hydrogen-bond acceptors (Lipinski definition) is 4. The van der Waals surface area contributed by atoms with Crippen molar-refractivity contribution in [3.63, 3.8) is 0 Å². The lowest BCUT2D eigenvalue weighted by Gasteiger charge is -2.09. The molecule has 2 rings (SSSR count). The van der Waals surface area contributed by atoms with Crippen molar-refractivity contribution in [2.45, 2.75) is 37.4 Å². The van der Waals surface area contributed by atoms with Gasteiger partial charge in [-0.2, -0.15) is 0 Å². The van der Waals surface area contributed by atoms with Crippen molar-refractivity contribution in [1.29, 1.82) is 0 Å². The lowest BCUT2D eigenvalue weighted by Crippen LogP contribution is -2.18. The monoisotopic (exact) mass is 321 g/mol. The van der Waals surface area contributed by atoms with Gasteiger partial charge >= 0.3 is 0 Å². The molecule has 0 spiro atoms. The van der Waals surface area contributed by atoms with Crippen LogP contribution >= 0.6 is 23.4 Å². The molecular formula is C16H20ClN3S. The number of hydrogen-bond donors (Lipinski definition) is 1. The molecule has 0 atom stereocenters. The highest BCUT2D eigenvalue weighted by atomic mass is 35.5. The largest absolute Gasteiger partial charge is 0.312 e. The Kier molecular flexibility index (Phi) is 6.03. The fraction of sp³-hybridized carbons (Fsp3) is 0.375. The minimum atomic E-state index is 0.647. The zero-order valence-corrected chi connectivity index (χ0v) is 14.1. The summed E-state index contributed by atoms with van der Waals surface area (Å²) in [5.41, 5.74) is 2.24. The van der Waals surface area contributed by atoms with E-state index < -0.39 is 0 Å². The first-order valence-electron chi connectivity index (χ1n) is 7.00. The van der Waals surface area contributed by atoms with Crippen LogP contribution < -0.4 is 5.32 Å². The van der Waals surface area contributed by atoms with Gasteiger partial charge in [0.25, 0.3) is 0 Å². The first-order chi connectivity index (χ1) is 10.0. The molecule has 112 valence electrons. The number of benzene rings is 1. The first-order valence-corrected chi connectivity index (χ1v) is 8.19. The Morgan fingerprint density at radius 3 is 2.57 bits per heavy atom. The molecular weight excluding hydrogens is 302 g/mol. The number of aromatic nitrogens is 2. The summed E-state index contributed by atoms with van der Waals surface area (Å²) in [6.45, 7) is 8.21. The molecule has 1 aromatic heterocycles. The van der Waals surface area contributed by atoms with E-state index in [1.807, 2.05) is 31.5 Å². The van der Waals surface area contributed by atoms with E-state index in [0.29, 0.717) is 11.1 Å². The molecule has 0 aliphatic carbocycles. The summed E-state index contributed by atoms with van der Waals surface area (Å²) in [4.78, 5) is 9.55. The molecule has 5 heteroatoms. The van der Waals surface area contributed by atoms with Gasteiger partial charge in [-0.05, 0) is 54.4 Å². The van der Waals surface area contributed by atoms with Crippen LogP contribution in [0.15, 0.2) is 40.6 Å². The zero-order chi connectivity index (χ0) is 15.2. The Morgan fingerprint density at radius 2 is 1.95 bits per heavy atom. The third kappa shape index (κ3) is 5.30. The summed E-state index contributed by atoms with van der Waals surface area (Å²) in [7, 11) is 0. The Morgan fingerprint density at radius 1 is 1.24 bits per heavy atom. The SMILES string of the molecule is Cc1cnc(Sc2ccc(CNCC(C)C)cc2Cl)nc1. The summed E-state index contributed by atoms with van der Waals surface area (Å²) >= 11 is 7.83. The average Bonchev–Trinajstić information content (AvgIpc) is 2.44. The summed E-state index contributed by atoms with van der Waals surface area (Å²) in [6.07, 6.45) is 3.63. The second-order valence-electron chi connectivity index (χ2n) is 5.43. The van der Waals surface area contributed by atoms with E-state index in [2.05, 4.69) is 35.2 Å². The van der Waals surface area contributed by atoms with Crippen LogP contribution in [0.1, 0.15) is 25.0 Å². The van der Waals surface area contributed by atoms with Gasteiger partial charge in [0, 0.05) is 23.8 Å². The molecule has 0 unspecified atom stereocenters. The van der Waals surface area contributed by atoms with Crippen LogP contribution in [0.3, 0.4) is 0 Å². The number of rotatable bonds is 6. The molecule has 3 nitrogen and oxygen atoms in total. The van der Waals surface area contributed by atoms with E-state index in [-0.39, 0.29) is 0 Å². The predicted molar refractivity (Wildman–Crippen MR) is 88.9 cm³/mol. The van der Waals surface area contributed by atoms with Crippen LogP contribution in [0.4, 0.5) is 0 Å². The van der Waals surface area contributed by atoms with E-state index in [1.165, 1.54) is 17.3 Å². The summed E-state index contributed by atoms with van der Waals surface area (Å²) in [5.74, 6) is 0.647. The van der Waals surface area contributed by atoms with Crippen LogP contribution in [0.2, 0.25) is 5.02 Å². The van der Waals surface area contributed by atoms with Gasteiger partial charge < -0.3 is 5.32 Å². The lowest BCUT2D eigenvalue weighted by molar-refractivity contribution is 0.552. The van der Waals surface area contributed by atoms with Gasteiger partial charge in [0.2, 0.25) is 0 Å². The van der Waals surface area contributed by atoms with Crippen LogP contribution in [-0.4, -0.2) is 16.5 Å². The normalized spacial score (nSPS) is 11.1. The predicted octanol–water partition coefficient (Wildman–Crippen LogP) is 4.34. The van der Waals surface area contributed by atoms with Gasteiger partial charge in [0.1, 0.15) is 0 Å². The van der Waals surface area contributed by atoms with Crippen LogP contribution in [-0.2, 0) is 6.54 Å². The maximum atomic E-state index is 6.35. The molecule has 1 heterocycles. The standard InChI is InChI=1S/C16H20ClN3S/c1-11(2)7-18-10-13-4-5-15(14(17)6-13)21-16-19-8-12(3)9-20-16/h4-6,8-9,11,18H,7,10H2,1-3H3. The third-order valence-electron chi connectivity index (χ3n) is 2.84. The van der Waals surface area contributed by atoms with E-state index in [0.717, 1.165) is 28.6 Å². The number of aryl methyl sites for hydroxylation is 1. The van der Waals surface area contributed by atoms with Gasteiger partial charge in [-0.1, -0.05) is 31.5 Å². The molecule has 0 saturated carbocycles. The average molecular weight is 322 g/mol. The van der Waals surface area contributed by atoms with Crippen LogP contribution in [0.25, 0.3) is 0 Å². The minimum Gasteiger partial charge on any atom is -0.312 e. The number of halogens is 1. The highest BCUT2D eigenvalue weighted by Gasteiger charge is 2.06. The highest BCUT2D eigenvalue weighted by molar-refractivity contribution is 7.99. The molecule has 0 fully saturated rings. The molecule has 21 heavy (non-hydrogen) atoms. The fourth-order valence-corrected chi connectivity index (χ4v) is 2.79. The summed E-state index contributed by atoms with van der Waals surface area (Å²) in [5, 5.41) is 4.87. The van der Waals surface area contributed by atoms with Gasteiger partial charge in [-0.3, -0.25) is 0 Å². The second kappa shape index (κ2) is 7.78. The Balaban J connectivity index is 2.00. The Hall–Kier alpha value is -1.10. The Labute approximate surface area is 135 Å². The highest BCUT2D eigenvalue weighted by Crippen LogP contribution is 2.31. The van der Waals surface area contributed by atoms with Crippen molar-refractivity contribution in [3.8, 4) is 0 Å². The maximum Gasteiger partial charge on any atom is 0.192 e. The van der Waals surface area contributed by atoms with E-state index in [9.17, 15) is 0 Å². The fourth-order valence-electron chi connectivity index (χ4n) is 1.77. The quantitative estimate of drug-likeness (QED) is 0.803. The van der Waals surface area contributed by atoms with Gasteiger partial charge in [-0.25, -0.2) is 9.97 Å². The van der Waals surface area contributed by atoms with Crippen LogP contribution in [0, 0.1) is 12.8 Å². The molecule has 0 radical (unpaired) electrons. The number of nitrogens with one attached hydrogen (secondary N) is 1. The minimum absolute atomic E-state index is 0.647. The number of nitrogens with zero attached hydrogens (tertiary/aromatic N) is 2. The van der Waals surface area contributed by atoms with Crippen molar-refractivity contribution >= 4 is 23.4 Å². The smallest absolute Gasteiger partial charge is 0.192 e. The van der Waals surface area contributed by atoms with E-state index >= 15 is 0 Å². The summed E-state index contributed by atoms with van der Waals surface area (Å²) in [6, 6.07) is 6.13. The Bertz CT molecular complexity index is 585. The lowest BCUT2D eigenvalue weighted by atomic mass is 10.2. The van der Waals surface area contributed by atoms with Crippen molar-refractivity contribution in [2.75, 3.05) is 6.54 Å². The third-order valence-corrected chi connectivity index (χ3v) is 4.23. The van der Waals surface area contributed by atoms with Crippen molar-refractivity contribution in [2.24, 2.45) is 5.92 Å². The molecule has 2 aromatic rings. The zero-order valence-electron chi connectivity index (χ0n) is 12.6. The van der Waals surface area contributed by atoms with Crippen LogP contribution in [0.5, 0.6) is 0 Å².